The number of aromatic nitrogens is 4. The van der Waals surface area contributed by atoms with Gasteiger partial charge in [-0.2, -0.15) is 0 Å². The molecule has 1 saturated heterocycles. The number of aromatic amines is 1. The van der Waals surface area contributed by atoms with Crippen LogP contribution in [0.15, 0.2) is 41.5 Å². The van der Waals surface area contributed by atoms with Crippen LogP contribution in [0.4, 0.5) is 17.5 Å². The molecule has 3 aromatic rings. The second kappa shape index (κ2) is 9.97. The van der Waals surface area contributed by atoms with Crippen LogP contribution in [-0.2, 0) is 6.54 Å². The number of aryl methyl sites for hydroxylation is 1. The van der Waals surface area contributed by atoms with Crippen molar-refractivity contribution in [3.8, 4) is 0 Å². The van der Waals surface area contributed by atoms with E-state index in [2.05, 4.69) is 40.4 Å². The van der Waals surface area contributed by atoms with E-state index < -0.39 is 5.56 Å². The molecule has 0 bridgehead atoms. The number of H-pyrrole nitrogens is 1. The SMILES string of the molecule is CNC(=O)c1ccc(N2CCN(Cc3ccnc(Nc4ncc(Cl)c(=O)[nH]4)c3)CC2)c(C)n1. The molecule has 33 heavy (non-hydrogen) atoms. The molecule has 1 fully saturated rings. The molecule has 4 heterocycles. The van der Waals surface area contributed by atoms with Crippen LogP contribution in [-0.4, -0.2) is 64.0 Å². The first kappa shape index (κ1) is 22.7. The third-order valence-electron chi connectivity index (χ3n) is 5.46. The number of piperazine rings is 1. The average Bonchev–Trinajstić information content (AvgIpc) is 2.82. The summed E-state index contributed by atoms with van der Waals surface area (Å²) in [6.45, 7) is 6.24. The van der Waals surface area contributed by atoms with Crippen LogP contribution in [0.2, 0.25) is 5.02 Å². The van der Waals surface area contributed by atoms with Gasteiger partial charge in [-0.25, -0.2) is 15.0 Å². The van der Waals surface area contributed by atoms with Crippen LogP contribution < -0.4 is 21.1 Å². The summed E-state index contributed by atoms with van der Waals surface area (Å²) in [7, 11) is 1.60. The number of hydrogen-bond acceptors (Lipinski definition) is 8. The number of amides is 1. The van der Waals surface area contributed by atoms with Crippen molar-refractivity contribution < 1.29 is 4.79 Å². The molecular weight excluding hydrogens is 444 g/mol. The molecule has 4 rings (SSSR count). The van der Waals surface area contributed by atoms with Gasteiger partial charge in [0.1, 0.15) is 16.5 Å². The van der Waals surface area contributed by atoms with Crippen LogP contribution in [0.1, 0.15) is 21.7 Å². The first-order valence-corrected chi connectivity index (χ1v) is 10.9. The predicted octanol–water partition coefficient (Wildman–Crippen LogP) is 1.95. The third-order valence-corrected chi connectivity index (χ3v) is 5.73. The number of rotatable bonds is 6. The number of hydrogen-bond donors (Lipinski definition) is 3. The van der Waals surface area contributed by atoms with Gasteiger partial charge in [-0.05, 0) is 36.8 Å². The number of halogens is 1. The van der Waals surface area contributed by atoms with Crippen LogP contribution in [0.5, 0.6) is 0 Å². The van der Waals surface area contributed by atoms with Gasteiger partial charge >= 0.3 is 0 Å². The lowest BCUT2D eigenvalue weighted by molar-refractivity contribution is 0.0958. The highest BCUT2D eigenvalue weighted by molar-refractivity contribution is 6.30. The molecule has 0 saturated carbocycles. The molecule has 3 N–H and O–H groups in total. The molecule has 0 aromatic carbocycles. The summed E-state index contributed by atoms with van der Waals surface area (Å²) in [5.74, 6) is 0.697. The van der Waals surface area contributed by atoms with Gasteiger partial charge in [0.25, 0.3) is 11.5 Å². The first-order chi connectivity index (χ1) is 15.9. The monoisotopic (exact) mass is 468 g/mol. The second-order valence-corrected chi connectivity index (χ2v) is 8.13. The van der Waals surface area contributed by atoms with Crippen molar-refractivity contribution in [1.29, 1.82) is 0 Å². The fourth-order valence-electron chi connectivity index (χ4n) is 3.75. The number of nitrogens with one attached hydrogen (secondary N) is 3. The molecule has 10 nitrogen and oxygen atoms in total. The molecule has 0 aliphatic carbocycles. The number of pyridine rings is 2. The quantitative estimate of drug-likeness (QED) is 0.502. The summed E-state index contributed by atoms with van der Waals surface area (Å²) in [4.78, 5) is 43.5. The minimum atomic E-state index is -0.406. The molecule has 1 aliphatic rings. The van der Waals surface area contributed by atoms with Gasteiger partial charge in [-0.3, -0.25) is 19.5 Å². The van der Waals surface area contributed by atoms with Gasteiger partial charge in [0.2, 0.25) is 5.95 Å². The predicted molar refractivity (Wildman–Crippen MR) is 127 cm³/mol. The number of carbonyl (C=O) groups excluding carboxylic acids is 1. The third kappa shape index (κ3) is 5.47. The van der Waals surface area contributed by atoms with Crippen LogP contribution in [0, 0.1) is 6.92 Å². The fourth-order valence-corrected chi connectivity index (χ4v) is 3.85. The highest BCUT2D eigenvalue weighted by Gasteiger charge is 2.20. The summed E-state index contributed by atoms with van der Waals surface area (Å²) >= 11 is 5.72. The first-order valence-electron chi connectivity index (χ1n) is 10.6. The van der Waals surface area contributed by atoms with E-state index in [1.54, 1.807) is 19.3 Å². The molecule has 172 valence electrons. The van der Waals surface area contributed by atoms with Crippen molar-refractivity contribution in [2.24, 2.45) is 0 Å². The molecule has 0 unspecified atom stereocenters. The Hall–Kier alpha value is -3.50. The standard InChI is InChI=1S/C22H25ClN8O2/c1-14-18(4-3-17(27-14)21(33)24-2)31-9-7-30(8-10-31)13-15-5-6-25-19(11-15)28-22-26-12-16(23)20(32)29-22/h3-6,11-12H,7-10,13H2,1-2H3,(H,24,33)(H2,25,26,28,29,32). The maximum absolute atomic E-state index is 11.8. The molecule has 0 atom stereocenters. The molecule has 1 aliphatic heterocycles. The molecule has 0 radical (unpaired) electrons. The summed E-state index contributed by atoms with van der Waals surface area (Å²) < 4.78 is 0. The maximum Gasteiger partial charge on any atom is 0.271 e. The number of nitrogens with zero attached hydrogens (tertiary/aromatic N) is 5. The van der Waals surface area contributed by atoms with Gasteiger partial charge in [0.15, 0.2) is 0 Å². The van der Waals surface area contributed by atoms with Gasteiger partial charge in [0, 0.05) is 46.0 Å². The summed E-state index contributed by atoms with van der Waals surface area (Å²) in [5, 5.41) is 5.64. The Bertz CT molecular complexity index is 1210. The summed E-state index contributed by atoms with van der Waals surface area (Å²) in [6, 6.07) is 7.65. The van der Waals surface area contributed by atoms with Crippen molar-refractivity contribution in [3.05, 3.63) is 69.0 Å². The van der Waals surface area contributed by atoms with Gasteiger partial charge < -0.3 is 15.5 Å². The van der Waals surface area contributed by atoms with Gasteiger partial charge in [0.05, 0.1) is 17.6 Å². The van der Waals surface area contributed by atoms with Crippen molar-refractivity contribution in [2.45, 2.75) is 13.5 Å². The minimum absolute atomic E-state index is 0.0368. The fraction of sp³-hybridized carbons (Fsp3) is 0.318. The Morgan fingerprint density at radius 1 is 1.18 bits per heavy atom. The molecule has 1 amide bonds. The van der Waals surface area contributed by atoms with Crippen molar-refractivity contribution in [2.75, 3.05) is 43.4 Å². The van der Waals surface area contributed by atoms with Crippen molar-refractivity contribution in [3.63, 3.8) is 0 Å². The van der Waals surface area contributed by atoms with Crippen LogP contribution in [0.3, 0.4) is 0 Å². The Labute approximate surface area is 196 Å². The smallest absolute Gasteiger partial charge is 0.271 e. The zero-order chi connectivity index (χ0) is 23.4. The van der Waals surface area contributed by atoms with E-state index in [4.69, 9.17) is 11.6 Å². The largest absolute Gasteiger partial charge is 0.368 e. The average molecular weight is 469 g/mol. The summed E-state index contributed by atoms with van der Waals surface area (Å²) in [6.07, 6.45) is 3.03. The highest BCUT2D eigenvalue weighted by atomic mass is 35.5. The van der Waals surface area contributed by atoms with E-state index in [0.717, 1.165) is 49.7 Å². The Morgan fingerprint density at radius 3 is 2.67 bits per heavy atom. The van der Waals surface area contributed by atoms with Gasteiger partial charge in [-0.1, -0.05) is 11.6 Å². The van der Waals surface area contributed by atoms with Crippen LogP contribution in [0.25, 0.3) is 0 Å². The van der Waals surface area contributed by atoms with Crippen molar-refractivity contribution in [1.82, 2.24) is 30.2 Å². The zero-order valence-electron chi connectivity index (χ0n) is 18.4. The molecule has 3 aromatic heterocycles. The molecular formula is C22H25ClN8O2. The minimum Gasteiger partial charge on any atom is -0.368 e. The normalized spacial score (nSPS) is 14.2. The zero-order valence-corrected chi connectivity index (χ0v) is 19.2. The molecule has 0 spiro atoms. The Kier molecular flexibility index (Phi) is 6.85. The Balaban J connectivity index is 1.35. The maximum atomic E-state index is 11.8. The number of carbonyl (C=O) groups is 1. The van der Waals surface area contributed by atoms with E-state index in [0.29, 0.717) is 11.5 Å². The lowest BCUT2D eigenvalue weighted by atomic mass is 10.2. The topological polar surface area (TPSA) is 119 Å². The van der Waals surface area contributed by atoms with E-state index in [-0.39, 0.29) is 16.9 Å². The van der Waals surface area contributed by atoms with E-state index in [1.807, 2.05) is 25.1 Å². The highest BCUT2D eigenvalue weighted by Crippen LogP contribution is 2.21. The van der Waals surface area contributed by atoms with Crippen molar-refractivity contribution >= 4 is 35.0 Å². The van der Waals surface area contributed by atoms with E-state index >= 15 is 0 Å². The van der Waals surface area contributed by atoms with E-state index in [1.165, 1.54) is 6.20 Å². The Morgan fingerprint density at radius 2 is 1.97 bits per heavy atom. The van der Waals surface area contributed by atoms with Gasteiger partial charge in [-0.15, -0.1) is 0 Å². The second-order valence-electron chi connectivity index (χ2n) is 7.73. The van der Waals surface area contributed by atoms with E-state index in [9.17, 15) is 9.59 Å². The lowest BCUT2D eigenvalue weighted by Crippen LogP contribution is -2.46. The summed E-state index contributed by atoms with van der Waals surface area (Å²) in [5.41, 5.74) is 3.03. The van der Waals surface area contributed by atoms with Crippen LogP contribution >= 0.6 is 11.6 Å². The molecule has 11 heteroatoms. The number of anilines is 3. The lowest BCUT2D eigenvalue weighted by Gasteiger charge is -2.36.